The van der Waals surface area contributed by atoms with Crippen molar-refractivity contribution in [1.29, 1.82) is 0 Å². The molecule has 0 amide bonds. The predicted molar refractivity (Wildman–Crippen MR) is 55.5 cm³/mol. The number of nitrogens with one attached hydrogen (secondary N) is 1. The summed E-state index contributed by atoms with van der Waals surface area (Å²) >= 11 is 0. The van der Waals surface area contributed by atoms with Crippen LogP contribution in [0.5, 0.6) is 5.88 Å². The topological polar surface area (TPSA) is 84.3 Å². The van der Waals surface area contributed by atoms with Gasteiger partial charge in [-0.25, -0.2) is 9.97 Å². The predicted octanol–water partition coefficient (Wildman–Crippen LogP) is 0.689. The second-order valence-corrected chi connectivity index (χ2v) is 4.01. The van der Waals surface area contributed by atoms with Crippen LogP contribution < -0.4 is 10.1 Å². The van der Waals surface area contributed by atoms with Gasteiger partial charge in [0.1, 0.15) is 18.5 Å². The fourth-order valence-corrected chi connectivity index (χ4v) is 1.71. The summed E-state index contributed by atoms with van der Waals surface area (Å²) in [4.78, 5) is 17.4. The van der Waals surface area contributed by atoms with E-state index in [0.29, 0.717) is 6.07 Å². The molecule has 0 saturated carbocycles. The van der Waals surface area contributed by atoms with Crippen LogP contribution in [0.3, 0.4) is 0 Å². The summed E-state index contributed by atoms with van der Waals surface area (Å²) in [6.07, 6.45) is -4.17. The molecule has 6 nitrogen and oxygen atoms in total. The Balaban J connectivity index is 2.03. The smallest absolute Gasteiger partial charge is 0.433 e. The van der Waals surface area contributed by atoms with E-state index in [9.17, 15) is 18.0 Å². The molecule has 1 aliphatic rings. The summed E-state index contributed by atoms with van der Waals surface area (Å²) < 4.78 is 42.5. The number of aromatic nitrogens is 2. The van der Waals surface area contributed by atoms with Gasteiger partial charge in [-0.2, -0.15) is 13.2 Å². The number of aliphatic carboxylic acids is 1. The van der Waals surface area contributed by atoms with Crippen LogP contribution in [0, 0.1) is 0 Å². The van der Waals surface area contributed by atoms with Crippen LogP contribution in [-0.4, -0.2) is 39.7 Å². The molecule has 0 radical (unpaired) electrons. The van der Waals surface area contributed by atoms with Gasteiger partial charge >= 0.3 is 12.1 Å². The molecule has 0 spiro atoms. The lowest BCUT2D eigenvalue weighted by atomic mass is 10.2. The van der Waals surface area contributed by atoms with Crippen LogP contribution in [0.15, 0.2) is 12.4 Å². The number of ether oxygens (including phenoxy) is 1. The second kappa shape index (κ2) is 5.00. The minimum atomic E-state index is -4.57. The van der Waals surface area contributed by atoms with E-state index in [4.69, 9.17) is 9.84 Å². The lowest BCUT2D eigenvalue weighted by Crippen LogP contribution is -2.30. The number of halogens is 3. The highest BCUT2D eigenvalue weighted by molar-refractivity contribution is 5.73. The van der Waals surface area contributed by atoms with Crippen LogP contribution in [0.2, 0.25) is 0 Å². The average Bonchev–Trinajstić information content (AvgIpc) is 2.77. The van der Waals surface area contributed by atoms with E-state index in [1.807, 2.05) is 0 Å². The fraction of sp³-hybridized carbons (Fsp3) is 0.500. The first-order chi connectivity index (χ1) is 8.86. The molecule has 0 aliphatic carbocycles. The normalized spacial score (nSPS) is 23.3. The van der Waals surface area contributed by atoms with Crippen LogP contribution in [0.25, 0.3) is 0 Å². The molecular formula is C10H10F3N3O3. The first kappa shape index (κ1) is 13.5. The number of nitrogens with zero attached hydrogens (tertiary/aromatic N) is 2. The summed E-state index contributed by atoms with van der Waals surface area (Å²) in [5.74, 6) is -1.25. The Morgan fingerprint density at radius 2 is 2.21 bits per heavy atom. The van der Waals surface area contributed by atoms with Crippen molar-refractivity contribution in [1.82, 2.24) is 15.3 Å². The largest absolute Gasteiger partial charge is 0.480 e. The van der Waals surface area contributed by atoms with E-state index in [2.05, 4.69) is 15.3 Å². The quantitative estimate of drug-likeness (QED) is 0.845. The van der Waals surface area contributed by atoms with E-state index >= 15 is 0 Å². The van der Waals surface area contributed by atoms with Gasteiger partial charge in [0, 0.05) is 19.0 Å². The molecule has 1 aromatic heterocycles. The zero-order chi connectivity index (χ0) is 14.0. The minimum Gasteiger partial charge on any atom is -0.480 e. The summed E-state index contributed by atoms with van der Waals surface area (Å²) in [7, 11) is 0. The Bertz CT molecular complexity index is 481. The van der Waals surface area contributed by atoms with E-state index in [0.717, 1.165) is 6.33 Å². The third-order valence-electron chi connectivity index (χ3n) is 2.61. The highest BCUT2D eigenvalue weighted by Gasteiger charge is 2.34. The lowest BCUT2D eigenvalue weighted by Gasteiger charge is -2.12. The molecule has 104 valence electrons. The molecule has 0 aromatic carbocycles. The third kappa shape index (κ3) is 3.31. The molecular weight excluding hydrogens is 267 g/mol. The van der Waals surface area contributed by atoms with Gasteiger partial charge in [0.05, 0.1) is 0 Å². The van der Waals surface area contributed by atoms with Gasteiger partial charge in [0.2, 0.25) is 5.88 Å². The summed E-state index contributed by atoms with van der Waals surface area (Å²) in [5, 5.41) is 11.4. The van der Waals surface area contributed by atoms with Gasteiger partial charge in [0.25, 0.3) is 0 Å². The van der Waals surface area contributed by atoms with Crippen LogP contribution in [-0.2, 0) is 11.0 Å². The fourth-order valence-electron chi connectivity index (χ4n) is 1.71. The van der Waals surface area contributed by atoms with Gasteiger partial charge in [0.15, 0.2) is 5.69 Å². The molecule has 19 heavy (non-hydrogen) atoms. The Morgan fingerprint density at radius 1 is 1.47 bits per heavy atom. The van der Waals surface area contributed by atoms with Crippen molar-refractivity contribution < 1.29 is 27.8 Å². The van der Waals surface area contributed by atoms with Crippen molar-refractivity contribution in [2.24, 2.45) is 0 Å². The van der Waals surface area contributed by atoms with Gasteiger partial charge in [-0.05, 0) is 0 Å². The Morgan fingerprint density at radius 3 is 2.79 bits per heavy atom. The first-order valence-electron chi connectivity index (χ1n) is 5.38. The number of carboxylic acids is 1. The van der Waals surface area contributed by atoms with E-state index in [1.165, 1.54) is 0 Å². The van der Waals surface area contributed by atoms with Crippen LogP contribution >= 0.6 is 0 Å². The molecule has 2 unspecified atom stereocenters. The van der Waals surface area contributed by atoms with Crippen molar-refractivity contribution in [3.63, 3.8) is 0 Å². The maximum atomic E-state index is 12.4. The first-order valence-corrected chi connectivity index (χ1v) is 5.38. The highest BCUT2D eigenvalue weighted by atomic mass is 19.4. The number of alkyl halides is 3. The lowest BCUT2D eigenvalue weighted by molar-refractivity contribution is -0.141. The number of carbonyl (C=O) groups is 1. The van der Waals surface area contributed by atoms with Gasteiger partial charge in [-0.15, -0.1) is 0 Å². The molecule has 2 heterocycles. The third-order valence-corrected chi connectivity index (χ3v) is 2.61. The molecule has 9 heteroatoms. The molecule has 1 aromatic rings. The Labute approximate surface area is 105 Å². The number of carboxylic acid groups (broad SMARTS) is 1. The molecule has 2 rings (SSSR count). The molecule has 1 fully saturated rings. The summed E-state index contributed by atoms with van der Waals surface area (Å²) in [5.41, 5.74) is -1.10. The Hall–Kier alpha value is -1.90. The highest BCUT2D eigenvalue weighted by Crippen LogP contribution is 2.29. The maximum absolute atomic E-state index is 12.4. The number of rotatable bonds is 3. The minimum absolute atomic E-state index is 0.167. The molecule has 1 aliphatic heterocycles. The van der Waals surface area contributed by atoms with Crippen molar-refractivity contribution >= 4 is 5.97 Å². The molecule has 1 saturated heterocycles. The van der Waals surface area contributed by atoms with Gasteiger partial charge in [-0.3, -0.25) is 4.79 Å². The molecule has 2 atom stereocenters. The second-order valence-electron chi connectivity index (χ2n) is 4.01. The summed E-state index contributed by atoms with van der Waals surface area (Å²) in [6, 6.07) is -0.0670. The van der Waals surface area contributed by atoms with Crippen molar-refractivity contribution in [3.05, 3.63) is 18.1 Å². The monoisotopic (exact) mass is 277 g/mol. The summed E-state index contributed by atoms with van der Waals surface area (Å²) in [6.45, 7) is 0.238. The van der Waals surface area contributed by atoms with Crippen LogP contribution in [0.1, 0.15) is 12.1 Å². The van der Waals surface area contributed by atoms with E-state index < -0.39 is 30.0 Å². The van der Waals surface area contributed by atoms with Gasteiger partial charge in [-0.1, -0.05) is 0 Å². The Kier molecular flexibility index (Phi) is 3.56. The van der Waals surface area contributed by atoms with Gasteiger partial charge < -0.3 is 15.2 Å². The number of hydrogen-bond acceptors (Lipinski definition) is 5. The average molecular weight is 277 g/mol. The van der Waals surface area contributed by atoms with E-state index in [1.54, 1.807) is 0 Å². The van der Waals surface area contributed by atoms with Crippen LogP contribution in [0.4, 0.5) is 13.2 Å². The molecule has 0 bridgehead atoms. The van der Waals surface area contributed by atoms with Crippen molar-refractivity contribution in [2.45, 2.75) is 24.7 Å². The van der Waals surface area contributed by atoms with Crippen molar-refractivity contribution in [3.8, 4) is 5.88 Å². The molecule has 2 N–H and O–H groups in total. The maximum Gasteiger partial charge on any atom is 0.433 e. The standard InChI is InChI=1S/C10H10F3N3O3/c11-10(12,13)7-2-8(16-4-15-7)19-5-1-6(9(17)18)14-3-5/h2,4-6,14H,1,3H2,(H,17,18). The SMILES string of the molecule is O=C(O)C1CC(Oc2cc(C(F)(F)F)ncn2)CN1. The number of hydrogen-bond donors (Lipinski definition) is 2. The van der Waals surface area contributed by atoms with E-state index in [-0.39, 0.29) is 18.8 Å². The van der Waals surface area contributed by atoms with Crippen molar-refractivity contribution in [2.75, 3.05) is 6.54 Å². The zero-order valence-electron chi connectivity index (χ0n) is 9.52. The zero-order valence-corrected chi connectivity index (χ0v) is 9.52.